The van der Waals surface area contributed by atoms with Crippen LogP contribution in [0.25, 0.3) is 0 Å². The number of rotatable bonds is 3. The molecule has 0 fully saturated rings. The average Bonchev–Trinajstić information content (AvgIpc) is 2.53. The van der Waals surface area contributed by atoms with Crippen LogP contribution in [0.5, 0.6) is 0 Å². The van der Waals surface area contributed by atoms with E-state index < -0.39 is 0 Å². The normalized spacial score (nSPS) is 13.5. The number of hydrogen-bond donors (Lipinski definition) is 1. The van der Waals surface area contributed by atoms with Gasteiger partial charge in [0, 0.05) is 15.7 Å². The Morgan fingerprint density at radius 3 is 2.68 bits per heavy atom. The minimum absolute atomic E-state index is 0.0697. The van der Waals surface area contributed by atoms with Crippen molar-refractivity contribution in [1.82, 2.24) is 4.81 Å². The molecule has 3 rings (SSSR count). The summed E-state index contributed by atoms with van der Waals surface area (Å²) in [6.07, 6.45) is 0.790. The Morgan fingerprint density at radius 2 is 1.86 bits per heavy atom. The van der Waals surface area contributed by atoms with Gasteiger partial charge < -0.3 is 10.1 Å². The van der Waals surface area contributed by atoms with Crippen LogP contribution >= 0.6 is 22.6 Å². The largest absolute Gasteiger partial charge is 0.376 e. The topological polar surface area (TPSA) is 49.4 Å². The Kier molecular flexibility index (Phi) is 4.47. The molecule has 0 saturated heterocycles. The van der Waals surface area contributed by atoms with E-state index in [2.05, 4.69) is 27.9 Å². The summed E-state index contributed by atoms with van der Waals surface area (Å²) in [5, 5.41) is 2.86. The number of carbonyl (C=O) groups excluding carboxylic acids is 2. The van der Waals surface area contributed by atoms with Gasteiger partial charge in [-0.3, -0.25) is 9.59 Å². The van der Waals surface area contributed by atoms with Crippen molar-refractivity contribution in [2.75, 3.05) is 11.9 Å². The van der Waals surface area contributed by atoms with Crippen molar-refractivity contribution < 1.29 is 9.59 Å². The zero-order chi connectivity index (χ0) is 15.5. The van der Waals surface area contributed by atoms with Crippen LogP contribution in [0.1, 0.15) is 15.9 Å². The van der Waals surface area contributed by atoms with Crippen LogP contribution in [-0.2, 0) is 6.42 Å². The minimum Gasteiger partial charge on any atom is -0.376 e. The van der Waals surface area contributed by atoms with E-state index in [4.69, 9.17) is 0 Å². The molecule has 0 bridgehead atoms. The molecule has 2 amide bonds. The molecule has 110 valence electrons. The van der Waals surface area contributed by atoms with Gasteiger partial charge in [-0.1, -0.05) is 30.3 Å². The fourth-order valence-electron chi connectivity index (χ4n) is 2.55. The summed E-state index contributed by atoms with van der Waals surface area (Å²) in [5.41, 5.74) is 2.54. The van der Waals surface area contributed by atoms with Crippen LogP contribution in [0.15, 0.2) is 48.5 Å². The van der Waals surface area contributed by atoms with E-state index in [1.165, 1.54) is 0 Å². The monoisotopic (exact) mass is 404 g/mol. The van der Waals surface area contributed by atoms with Crippen molar-refractivity contribution in [2.24, 2.45) is 0 Å². The highest BCUT2D eigenvalue weighted by atomic mass is 127. The highest BCUT2D eigenvalue weighted by Gasteiger charge is 2.26. The van der Waals surface area contributed by atoms with Gasteiger partial charge in [-0.05, 0) is 52.8 Å². The predicted octanol–water partition coefficient (Wildman–Crippen LogP) is 2.87. The minimum atomic E-state index is -0.170. The molecule has 22 heavy (non-hydrogen) atoms. The molecule has 0 aliphatic carbocycles. The van der Waals surface area contributed by atoms with Gasteiger partial charge in [0.1, 0.15) is 0 Å². The summed E-state index contributed by atoms with van der Waals surface area (Å²) in [5.74, 6) is -0.239. The molecular formula is C16H14BIN2O2. The standard InChI is InChI=1S/C16H14BIN2O2/c18-13-7-3-4-8-14(13)19-16(22)17-20-10-9-11-5-1-2-6-12(11)15(20)21/h1-8,17H,9-10H2,(H,19,22). The Balaban J connectivity index is 1.68. The summed E-state index contributed by atoms with van der Waals surface area (Å²) in [4.78, 5) is 26.2. The molecule has 0 atom stereocenters. The Hall–Kier alpha value is -1.83. The lowest BCUT2D eigenvalue weighted by Crippen LogP contribution is -2.44. The lowest BCUT2D eigenvalue weighted by Gasteiger charge is -2.27. The molecule has 1 aliphatic rings. The highest BCUT2D eigenvalue weighted by Crippen LogP contribution is 2.19. The molecule has 0 spiro atoms. The van der Waals surface area contributed by atoms with Crippen molar-refractivity contribution in [3.8, 4) is 0 Å². The molecule has 0 saturated carbocycles. The zero-order valence-corrected chi connectivity index (χ0v) is 14.0. The quantitative estimate of drug-likeness (QED) is 0.632. The maximum absolute atomic E-state index is 12.4. The summed E-state index contributed by atoms with van der Waals surface area (Å²) >= 11 is 2.17. The summed E-state index contributed by atoms with van der Waals surface area (Å²) in [7, 11) is 0.0815. The Morgan fingerprint density at radius 1 is 1.14 bits per heavy atom. The Bertz CT molecular complexity index is 736. The summed E-state index contributed by atoms with van der Waals surface area (Å²) < 4.78 is 0.976. The van der Waals surface area contributed by atoms with E-state index in [1.807, 2.05) is 48.5 Å². The first-order chi connectivity index (χ1) is 10.6. The fraction of sp³-hybridized carbons (Fsp3) is 0.125. The van der Waals surface area contributed by atoms with Crippen LogP contribution in [0.4, 0.5) is 10.5 Å². The van der Waals surface area contributed by atoms with E-state index >= 15 is 0 Å². The van der Waals surface area contributed by atoms with E-state index in [0.717, 1.165) is 21.2 Å². The van der Waals surface area contributed by atoms with Gasteiger partial charge in [0.2, 0.25) is 11.7 Å². The molecule has 0 radical (unpaired) electrons. The molecule has 2 aromatic rings. The number of nitrogens with one attached hydrogen (secondary N) is 1. The maximum Gasteiger partial charge on any atom is 0.346 e. The molecule has 0 unspecified atom stereocenters. The van der Waals surface area contributed by atoms with E-state index in [9.17, 15) is 9.59 Å². The van der Waals surface area contributed by atoms with Crippen LogP contribution in [-0.4, -0.2) is 30.5 Å². The first-order valence-corrected chi connectivity index (χ1v) is 8.14. The van der Waals surface area contributed by atoms with Gasteiger partial charge in [-0.15, -0.1) is 0 Å². The van der Waals surface area contributed by atoms with Crippen molar-refractivity contribution in [3.63, 3.8) is 0 Å². The molecule has 4 nitrogen and oxygen atoms in total. The average molecular weight is 404 g/mol. The number of anilines is 1. The molecule has 1 heterocycles. The van der Waals surface area contributed by atoms with Gasteiger partial charge in [0.05, 0.1) is 5.69 Å². The van der Waals surface area contributed by atoms with Crippen molar-refractivity contribution >= 4 is 47.4 Å². The van der Waals surface area contributed by atoms with Gasteiger partial charge in [0.15, 0.2) is 0 Å². The third-order valence-electron chi connectivity index (χ3n) is 3.67. The van der Waals surface area contributed by atoms with Crippen LogP contribution in [0, 0.1) is 3.57 Å². The number of para-hydroxylation sites is 1. The molecule has 1 aliphatic heterocycles. The van der Waals surface area contributed by atoms with Crippen LogP contribution < -0.4 is 5.32 Å². The van der Waals surface area contributed by atoms with Crippen molar-refractivity contribution in [1.29, 1.82) is 0 Å². The lowest BCUT2D eigenvalue weighted by atomic mass is 9.84. The predicted molar refractivity (Wildman–Crippen MR) is 96.5 cm³/mol. The lowest BCUT2D eigenvalue weighted by molar-refractivity contribution is 0.0847. The second-order valence-electron chi connectivity index (χ2n) is 5.16. The second kappa shape index (κ2) is 6.52. The third kappa shape index (κ3) is 3.16. The third-order valence-corrected chi connectivity index (χ3v) is 4.61. The van der Waals surface area contributed by atoms with Gasteiger partial charge in [-0.25, -0.2) is 0 Å². The molecule has 6 heteroatoms. The van der Waals surface area contributed by atoms with Crippen molar-refractivity contribution in [3.05, 3.63) is 63.2 Å². The number of halogens is 1. The summed E-state index contributed by atoms with van der Waals surface area (Å²) in [6.45, 7) is 0.579. The number of benzene rings is 2. The van der Waals surface area contributed by atoms with E-state index in [1.54, 1.807) is 4.81 Å². The van der Waals surface area contributed by atoms with Gasteiger partial charge in [-0.2, -0.15) is 0 Å². The number of amides is 2. The first kappa shape index (κ1) is 15.1. The van der Waals surface area contributed by atoms with E-state index in [-0.39, 0.29) is 19.1 Å². The van der Waals surface area contributed by atoms with Crippen LogP contribution in [0.3, 0.4) is 0 Å². The molecule has 2 aromatic carbocycles. The van der Waals surface area contributed by atoms with E-state index in [0.29, 0.717) is 12.1 Å². The molecule has 0 aromatic heterocycles. The number of fused-ring (bicyclic) bond motifs is 1. The zero-order valence-electron chi connectivity index (χ0n) is 11.9. The molecular weight excluding hydrogens is 390 g/mol. The van der Waals surface area contributed by atoms with Gasteiger partial charge in [0.25, 0.3) is 0 Å². The summed E-state index contributed by atoms with van der Waals surface area (Å²) in [6, 6.07) is 15.2. The van der Waals surface area contributed by atoms with Crippen molar-refractivity contribution in [2.45, 2.75) is 6.42 Å². The van der Waals surface area contributed by atoms with Crippen LogP contribution in [0.2, 0.25) is 0 Å². The maximum atomic E-state index is 12.4. The first-order valence-electron chi connectivity index (χ1n) is 7.07. The SMILES string of the molecule is O=C(BN1CCc2ccccc2C1=O)Nc1ccccc1I. The Labute approximate surface area is 143 Å². The van der Waals surface area contributed by atoms with Gasteiger partial charge >= 0.3 is 7.41 Å². The number of hydrogen-bond acceptors (Lipinski definition) is 2. The number of carbonyl (C=O) groups is 2. The highest BCUT2D eigenvalue weighted by molar-refractivity contribution is 14.1. The second-order valence-corrected chi connectivity index (χ2v) is 6.32. The number of nitrogens with zero attached hydrogens (tertiary/aromatic N) is 1. The molecule has 1 N–H and O–H groups in total. The fourth-order valence-corrected chi connectivity index (χ4v) is 3.07. The smallest absolute Gasteiger partial charge is 0.346 e.